The topological polar surface area (TPSA) is 58.9 Å². The molecule has 3 rings (SSSR count). The van der Waals surface area contributed by atoms with Crippen molar-refractivity contribution in [3.63, 3.8) is 0 Å². The molecule has 162 valence electrons. The van der Waals surface area contributed by atoms with Crippen molar-refractivity contribution in [3.05, 3.63) is 48.0 Å². The molecule has 5 heteroatoms. The molecule has 0 amide bonds. The third-order valence-corrected chi connectivity index (χ3v) is 11.6. The Labute approximate surface area is 177 Å². The van der Waals surface area contributed by atoms with Gasteiger partial charge < -0.3 is 19.4 Å². The largest absolute Gasteiger partial charge is 0.410 e. The SMILES string of the molecule is CC(C)(C)[Si](C)(C)OC(CC/C=C/[C@@H]1[C@H]2CC(O)O[C@H]2C[C@H]1O)c1ccccc1. The van der Waals surface area contributed by atoms with E-state index in [2.05, 4.69) is 70.3 Å². The van der Waals surface area contributed by atoms with Crippen LogP contribution in [-0.4, -0.2) is 37.0 Å². The molecule has 2 aliphatic rings. The van der Waals surface area contributed by atoms with E-state index in [0.717, 1.165) is 12.8 Å². The fraction of sp³-hybridized carbons (Fsp3) is 0.667. The molecule has 29 heavy (non-hydrogen) atoms. The van der Waals surface area contributed by atoms with Gasteiger partial charge >= 0.3 is 0 Å². The molecule has 1 saturated heterocycles. The molecule has 6 atom stereocenters. The van der Waals surface area contributed by atoms with Crippen LogP contribution in [0, 0.1) is 11.8 Å². The van der Waals surface area contributed by atoms with E-state index >= 15 is 0 Å². The van der Waals surface area contributed by atoms with Crippen molar-refractivity contribution in [3.8, 4) is 0 Å². The Hall–Kier alpha value is -0.983. The smallest absolute Gasteiger partial charge is 0.192 e. The van der Waals surface area contributed by atoms with Crippen LogP contribution in [0.15, 0.2) is 42.5 Å². The first kappa shape index (κ1) is 22.7. The quantitative estimate of drug-likeness (QED) is 0.472. The van der Waals surface area contributed by atoms with Crippen molar-refractivity contribution in [2.45, 2.75) is 89.2 Å². The maximum atomic E-state index is 10.4. The summed E-state index contributed by atoms with van der Waals surface area (Å²) in [5.74, 6) is 0.304. The van der Waals surface area contributed by atoms with Gasteiger partial charge in [-0.25, -0.2) is 0 Å². The lowest BCUT2D eigenvalue weighted by molar-refractivity contribution is -0.0949. The van der Waals surface area contributed by atoms with Crippen LogP contribution in [0.5, 0.6) is 0 Å². The molecule has 1 aliphatic carbocycles. The third kappa shape index (κ3) is 5.39. The summed E-state index contributed by atoms with van der Waals surface area (Å²) in [5.41, 5.74) is 1.24. The second-order valence-corrected chi connectivity index (χ2v) is 14.9. The van der Waals surface area contributed by atoms with Gasteiger partial charge in [0.25, 0.3) is 0 Å². The fourth-order valence-corrected chi connectivity index (χ4v) is 5.64. The van der Waals surface area contributed by atoms with Crippen LogP contribution in [0.2, 0.25) is 18.1 Å². The van der Waals surface area contributed by atoms with Crippen molar-refractivity contribution in [2.75, 3.05) is 0 Å². The second kappa shape index (κ2) is 9.02. The van der Waals surface area contributed by atoms with Crippen LogP contribution in [-0.2, 0) is 9.16 Å². The summed E-state index contributed by atoms with van der Waals surface area (Å²) in [6.45, 7) is 11.4. The van der Waals surface area contributed by atoms with Gasteiger partial charge in [-0.05, 0) is 42.5 Å². The zero-order valence-electron chi connectivity index (χ0n) is 18.5. The van der Waals surface area contributed by atoms with E-state index in [1.807, 2.05) is 6.07 Å². The average molecular weight is 419 g/mol. The highest BCUT2D eigenvalue weighted by Crippen LogP contribution is 2.44. The van der Waals surface area contributed by atoms with Gasteiger partial charge in [0.15, 0.2) is 14.6 Å². The molecule has 1 heterocycles. The molecule has 2 N–H and O–H groups in total. The Balaban J connectivity index is 1.64. The number of benzene rings is 1. The Kier molecular flexibility index (Phi) is 7.06. The van der Waals surface area contributed by atoms with E-state index < -0.39 is 14.6 Å². The van der Waals surface area contributed by atoms with E-state index in [1.165, 1.54) is 5.56 Å². The van der Waals surface area contributed by atoms with Crippen molar-refractivity contribution in [1.29, 1.82) is 0 Å². The minimum absolute atomic E-state index is 0.00589. The van der Waals surface area contributed by atoms with E-state index in [0.29, 0.717) is 12.8 Å². The van der Waals surface area contributed by atoms with Gasteiger partial charge in [0.2, 0.25) is 0 Å². The van der Waals surface area contributed by atoms with E-state index in [-0.39, 0.29) is 35.2 Å². The molecule has 2 unspecified atom stereocenters. The van der Waals surface area contributed by atoms with Crippen LogP contribution < -0.4 is 0 Å². The molecule has 0 bridgehead atoms. The summed E-state index contributed by atoms with van der Waals surface area (Å²) in [7, 11) is -1.88. The Bertz CT molecular complexity index is 682. The molecule has 0 spiro atoms. The normalized spacial score (nSPS) is 31.3. The zero-order valence-corrected chi connectivity index (χ0v) is 19.5. The van der Waals surface area contributed by atoms with Gasteiger partial charge in [0.1, 0.15) is 0 Å². The lowest BCUT2D eigenvalue weighted by Crippen LogP contribution is -2.41. The predicted molar refractivity (Wildman–Crippen MR) is 119 cm³/mol. The summed E-state index contributed by atoms with van der Waals surface area (Å²) >= 11 is 0. The van der Waals surface area contributed by atoms with Gasteiger partial charge in [-0.15, -0.1) is 0 Å². The molecular formula is C24H38O4Si. The van der Waals surface area contributed by atoms with Crippen molar-refractivity contribution in [2.24, 2.45) is 11.8 Å². The Morgan fingerprint density at radius 3 is 2.52 bits per heavy atom. The minimum atomic E-state index is -1.88. The Morgan fingerprint density at radius 2 is 1.86 bits per heavy atom. The van der Waals surface area contributed by atoms with Crippen molar-refractivity contribution >= 4 is 8.32 Å². The molecule has 0 aromatic heterocycles. The van der Waals surface area contributed by atoms with E-state index in [9.17, 15) is 10.2 Å². The predicted octanol–water partition coefficient (Wildman–Crippen LogP) is 5.19. The van der Waals surface area contributed by atoms with Crippen LogP contribution in [0.4, 0.5) is 0 Å². The summed E-state index contributed by atoms with van der Waals surface area (Å²) < 4.78 is 12.3. The molecule has 4 nitrogen and oxygen atoms in total. The maximum absolute atomic E-state index is 10.4. The number of ether oxygens (including phenoxy) is 1. The number of hydrogen-bond donors (Lipinski definition) is 2. The average Bonchev–Trinajstić information content (AvgIpc) is 3.12. The number of rotatable bonds is 7. The van der Waals surface area contributed by atoms with Gasteiger partial charge in [0, 0.05) is 18.8 Å². The molecule has 0 radical (unpaired) electrons. The number of hydrogen-bond acceptors (Lipinski definition) is 4. The van der Waals surface area contributed by atoms with E-state index in [4.69, 9.17) is 9.16 Å². The molecular weight excluding hydrogens is 380 g/mol. The van der Waals surface area contributed by atoms with Crippen LogP contribution in [0.3, 0.4) is 0 Å². The number of aliphatic hydroxyl groups is 2. The third-order valence-electron chi connectivity index (χ3n) is 7.06. The Morgan fingerprint density at radius 1 is 1.17 bits per heavy atom. The minimum Gasteiger partial charge on any atom is -0.410 e. The first-order valence-electron chi connectivity index (χ1n) is 11.0. The van der Waals surface area contributed by atoms with Crippen LogP contribution in [0.25, 0.3) is 0 Å². The highest BCUT2D eigenvalue weighted by molar-refractivity contribution is 6.74. The molecule has 1 aromatic rings. The molecule has 1 saturated carbocycles. The summed E-state index contributed by atoms with van der Waals surface area (Å²) in [4.78, 5) is 0. The van der Waals surface area contributed by atoms with Gasteiger partial charge in [-0.1, -0.05) is 63.3 Å². The standard InChI is InChI=1S/C24H38O4Si/c1-24(2,3)29(4,5)28-21(17-11-7-6-8-12-17)14-10-9-13-18-19-15-23(26)27-22(19)16-20(18)25/h6-9,11-13,18-23,25-26H,10,14-16H2,1-5H3/b13-9+/t18-,19-,20-,21?,22+,23?/m1/s1. The maximum Gasteiger partial charge on any atom is 0.192 e. The zero-order chi connectivity index (χ0) is 21.2. The van der Waals surface area contributed by atoms with Crippen LogP contribution in [0.1, 0.15) is 58.1 Å². The lowest BCUT2D eigenvalue weighted by Gasteiger charge is -2.39. The summed E-state index contributed by atoms with van der Waals surface area (Å²) in [6, 6.07) is 10.5. The highest BCUT2D eigenvalue weighted by Gasteiger charge is 2.47. The fourth-order valence-electron chi connectivity index (χ4n) is 4.32. The summed E-state index contributed by atoms with van der Waals surface area (Å²) in [6.07, 6.45) is 6.43. The van der Waals surface area contributed by atoms with Crippen molar-refractivity contribution in [1.82, 2.24) is 0 Å². The number of allylic oxidation sites excluding steroid dienone is 1. The highest BCUT2D eigenvalue weighted by atomic mass is 28.4. The van der Waals surface area contributed by atoms with E-state index in [1.54, 1.807) is 0 Å². The van der Waals surface area contributed by atoms with Crippen molar-refractivity contribution < 1.29 is 19.4 Å². The number of fused-ring (bicyclic) bond motifs is 1. The van der Waals surface area contributed by atoms with Crippen LogP contribution >= 0.6 is 0 Å². The molecule has 2 fully saturated rings. The van der Waals surface area contributed by atoms with Gasteiger partial charge in [-0.2, -0.15) is 0 Å². The first-order chi connectivity index (χ1) is 13.6. The first-order valence-corrected chi connectivity index (χ1v) is 13.9. The van der Waals surface area contributed by atoms with Gasteiger partial charge in [-0.3, -0.25) is 0 Å². The molecule has 1 aliphatic heterocycles. The number of aliphatic hydroxyl groups excluding tert-OH is 2. The lowest BCUT2D eigenvalue weighted by atomic mass is 9.91. The molecule has 1 aromatic carbocycles. The van der Waals surface area contributed by atoms with Gasteiger partial charge in [0.05, 0.1) is 18.3 Å². The second-order valence-electron chi connectivity index (χ2n) is 10.2. The monoisotopic (exact) mass is 418 g/mol. The summed E-state index contributed by atoms with van der Waals surface area (Å²) in [5, 5.41) is 20.3.